The summed E-state index contributed by atoms with van der Waals surface area (Å²) in [5, 5.41) is 3.21. The lowest BCUT2D eigenvalue weighted by Crippen LogP contribution is -2.44. The van der Waals surface area contributed by atoms with Crippen molar-refractivity contribution in [3.63, 3.8) is 0 Å². The van der Waals surface area contributed by atoms with Gasteiger partial charge in [-0.3, -0.25) is 4.79 Å². The fourth-order valence-electron chi connectivity index (χ4n) is 1.74. The molecule has 0 fully saturated rings. The van der Waals surface area contributed by atoms with Gasteiger partial charge >= 0.3 is 5.97 Å². The van der Waals surface area contributed by atoms with Gasteiger partial charge in [-0.1, -0.05) is 25.4 Å². The Kier molecular flexibility index (Phi) is 7.02. The summed E-state index contributed by atoms with van der Waals surface area (Å²) in [6.07, 6.45) is 0.513. The van der Waals surface area contributed by atoms with Crippen LogP contribution in [0.1, 0.15) is 20.3 Å². The summed E-state index contributed by atoms with van der Waals surface area (Å²) in [7, 11) is 1.30. The monoisotopic (exact) mass is 313 g/mol. The maximum absolute atomic E-state index is 11.8. The highest BCUT2D eigenvalue weighted by atomic mass is 35.5. The van der Waals surface area contributed by atoms with Crippen molar-refractivity contribution in [2.75, 3.05) is 13.7 Å². The quantitative estimate of drug-likeness (QED) is 0.785. The molecule has 21 heavy (non-hydrogen) atoms. The van der Waals surface area contributed by atoms with E-state index in [1.165, 1.54) is 7.11 Å². The topological polar surface area (TPSA) is 64.6 Å². The maximum atomic E-state index is 11.8. The van der Waals surface area contributed by atoms with Crippen molar-refractivity contribution in [3.8, 4) is 5.75 Å². The van der Waals surface area contributed by atoms with Gasteiger partial charge in [0.2, 0.25) is 0 Å². The Hall–Kier alpha value is -1.75. The zero-order valence-electron chi connectivity index (χ0n) is 12.4. The normalized spacial score (nSPS) is 11.9. The van der Waals surface area contributed by atoms with E-state index in [4.69, 9.17) is 16.3 Å². The molecule has 5 nitrogen and oxygen atoms in total. The molecule has 0 bridgehead atoms. The Morgan fingerprint density at radius 3 is 2.38 bits per heavy atom. The molecule has 0 radical (unpaired) electrons. The number of carbonyl (C=O) groups excluding carboxylic acids is 2. The molecule has 1 rings (SSSR count). The molecule has 0 spiro atoms. The molecular weight excluding hydrogens is 294 g/mol. The lowest BCUT2D eigenvalue weighted by atomic mass is 10.0. The number of halogens is 1. The van der Waals surface area contributed by atoms with Crippen LogP contribution in [0.2, 0.25) is 5.02 Å². The van der Waals surface area contributed by atoms with E-state index in [0.29, 0.717) is 17.2 Å². The summed E-state index contributed by atoms with van der Waals surface area (Å²) in [5.41, 5.74) is 0. The number of methoxy groups -OCH3 is 1. The number of esters is 1. The van der Waals surface area contributed by atoms with Crippen molar-refractivity contribution in [2.24, 2.45) is 5.92 Å². The van der Waals surface area contributed by atoms with E-state index in [0.717, 1.165) is 0 Å². The molecular formula is C15H20ClNO4. The van der Waals surface area contributed by atoms with Gasteiger partial charge in [-0.2, -0.15) is 0 Å². The predicted octanol–water partition coefficient (Wildman–Crippen LogP) is 2.42. The lowest BCUT2D eigenvalue weighted by Gasteiger charge is -2.18. The van der Waals surface area contributed by atoms with Crippen LogP contribution in [0.4, 0.5) is 0 Å². The molecule has 0 aliphatic heterocycles. The molecule has 6 heteroatoms. The number of rotatable bonds is 7. The zero-order valence-corrected chi connectivity index (χ0v) is 13.1. The number of nitrogens with one attached hydrogen (secondary N) is 1. The number of carbonyl (C=O) groups is 2. The molecule has 1 N–H and O–H groups in total. The Labute approximate surface area is 129 Å². The van der Waals surface area contributed by atoms with Crippen LogP contribution in [0.25, 0.3) is 0 Å². The first kappa shape index (κ1) is 17.3. The number of hydrogen-bond donors (Lipinski definition) is 1. The van der Waals surface area contributed by atoms with Crippen LogP contribution in [0.15, 0.2) is 24.3 Å². The Balaban J connectivity index is 2.49. The molecule has 1 aromatic carbocycles. The van der Waals surface area contributed by atoms with E-state index >= 15 is 0 Å². The molecule has 0 aromatic heterocycles. The molecule has 0 heterocycles. The van der Waals surface area contributed by atoms with E-state index in [1.807, 2.05) is 13.8 Å². The second-order valence-electron chi connectivity index (χ2n) is 5.02. The zero-order chi connectivity index (χ0) is 15.8. The minimum absolute atomic E-state index is 0.173. The maximum Gasteiger partial charge on any atom is 0.328 e. The summed E-state index contributed by atoms with van der Waals surface area (Å²) < 4.78 is 10.0. The first-order chi connectivity index (χ1) is 9.92. The third kappa shape index (κ3) is 6.49. The number of ether oxygens (including phenoxy) is 2. The summed E-state index contributed by atoms with van der Waals surface area (Å²) in [6, 6.07) is 6.02. The third-order valence-electron chi connectivity index (χ3n) is 2.71. The smallest absolute Gasteiger partial charge is 0.328 e. The molecule has 1 amide bonds. The van der Waals surface area contributed by atoms with Crippen molar-refractivity contribution >= 4 is 23.5 Å². The largest absolute Gasteiger partial charge is 0.484 e. The third-order valence-corrected chi connectivity index (χ3v) is 2.96. The highest BCUT2D eigenvalue weighted by Crippen LogP contribution is 2.15. The van der Waals surface area contributed by atoms with Crippen molar-refractivity contribution < 1.29 is 19.1 Å². The van der Waals surface area contributed by atoms with E-state index in [-0.39, 0.29) is 18.4 Å². The average molecular weight is 314 g/mol. The molecule has 0 aliphatic rings. The van der Waals surface area contributed by atoms with Crippen LogP contribution >= 0.6 is 11.6 Å². The molecule has 116 valence electrons. The van der Waals surface area contributed by atoms with Crippen molar-refractivity contribution in [3.05, 3.63) is 29.3 Å². The fraction of sp³-hybridized carbons (Fsp3) is 0.467. The average Bonchev–Trinajstić information content (AvgIpc) is 2.44. The summed E-state index contributed by atoms with van der Waals surface area (Å²) >= 11 is 5.76. The lowest BCUT2D eigenvalue weighted by molar-refractivity contribution is -0.145. The van der Waals surface area contributed by atoms with Crippen LogP contribution in [0.3, 0.4) is 0 Å². The highest BCUT2D eigenvalue weighted by Gasteiger charge is 2.22. The van der Waals surface area contributed by atoms with Gasteiger partial charge in [0.15, 0.2) is 6.61 Å². The summed E-state index contributed by atoms with van der Waals surface area (Å²) in [5.74, 6) is -0.0378. The minimum atomic E-state index is -0.656. The predicted molar refractivity (Wildman–Crippen MR) is 80.3 cm³/mol. The van der Waals surface area contributed by atoms with Crippen molar-refractivity contribution in [2.45, 2.75) is 26.3 Å². The van der Waals surface area contributed by atoms with Gasteiger partial charge < -0.3 is 14.8 Å². The van der Waals surface area contributed by atoms with Gasteiger partial charge in [-0.05, 0) is 36.6 Å². The summed E-state index contributed by atoms with van der Waals surface area (Å²) in [6.45, 7) is 3.76. The van der Waals surface area contributed by atoms with Crippen molar-refractivity contribution in [1.82, 2.24) is 5.32 Å². The van der Waals surface area contributed by atoms with E-state index in [9.17, 15) is 9.59 Å². The Morgan fingerprint density at radius 1 is 1.24 bits per heavy atom. The highest BCUT2D eigenvalue weighted by molar-refractivity contribution is 6.30. The van der Waals surface area contributed by atoms with Gasteiger partial charge in [0, 0.05) is 5.02 Å². The van der Waals surface area contributed by atoms with Crippen LogP contribution in [0.5, 0.6) is 5.75 Å². The second kappa shape index (κ2) is 8.52. The van der Waals surface area contributed by atoms with E-state index < -0.39 is 12.0 Å². The van der Waals surface area contributed by atoms with Gasteiger partial charge in [-0.25, -0.2) is 4.79 Å². The standard InChI is InChI=1S/C15H20ClNO4/c1-10(2)8-13(15(19)20-3)17-14(18)9-21-12-6-4-11(16)5-7-12/h4-7,10,13H,8-9H2,1-3H3,(H,17,18). The van der Waals surface area contributed by atoms with Gasteiger partial charge in [0.1, 0.15) is 11.8 Å². The molecule has 1 aromatic rings. The minimum Gasteiger partial charge on any atom is -0.484 e. The van der Waals surface area contributed by atoms with Gasteiger partial charge in [0.05, 0.1) is 7.11 Å². The fourth-order valence-corrected chi connectivity index (χ4v) is 1.87. The van der Waals surface area contributed by atoms with E-state index in [1.54, 1.807) is 24.3 Å². The number of benzene rings is 1. The first-order valence-corrected chi connectivity index (χ1v) is 7.05. The van der Waals surface area contributed by atoms with Gasteiger partial charge in [0.25, 0.3) is 5.91 Å². The molecule has 1 unspecified atom stereocenters. The number of amides is 1. The summed E-state index contributed by atoms with van der Waals surface area (Å²) in [4.78, 5) is 23.4. The Morgan fingerprint density at radius 2 is 1.86 bits per heavy atom. The van der Waals surface area contributed by atoms with Gasteiger partial charge in [-0.15, -0.1) is 0 Å². The molecule has 0 saturated carbocycles. The molecule has 1 atom stereocenters. The SMILES string of the molecule is COC(=O)C(CC(C)C)NC(=O)COc1ccc(Cl)cc1. The first-order valence-electron chi connectivity index (χ1n) is 6.68. The van der Waals surface area contributed by atoms with Crippen LogP contribution < -0.4 is 10.1 Å². The molecule has 0 aliphatic carbocycles. The van der Waals surface area contributed by atoms with E-state index in [2.05, 4.69) is 10.1 Å². The van der Waals surface area contributed by atoms with Crippen LogP contribution in [-0.2, 0) is 14.3 Å². The van der Waals surface area contributed by atoms with Crippen LogP contribution in [-0.4, -0.2) is 31.6 Å². The number of hydrogen-bond acceptors (Lipinski definition) is 4. The second-order valence-corrected chi connectivity index (χ2v) is 5.45. The van der Waals surface area contributed by atoms with Crippen LogP contribution in [0, 0.1) is 5.92 Å². The molecule has 0 saturated heterocycles. The Bertz CT molecular complexity index is 473. The van der Waals surface area contributed by atoms with Crippen molar-refractivity contribution in [1.29, 1.82) is 0 Å².